The minimum atomic E-state index is -0.553. The van der Waals surface area contributed by atoms with Gasteiger partial charge in [-0.2, -0.15) is 0 Å². The number of pyridine rings is 1. The first-order valence-corrected chi connectivity index (χ1v) is 16.0. The van der Waals surface area contributed by atoms with E-state index in [-0.39, 0.29) is 12.1 Å². The molecule has 2 N–H and O–H groups in total. The van der Waals surface area contributed by atoms with Crippen molar-refractivity contribution in [3.05, 3.63) is 78.2 Å². The van der Waals surface area contributed by atoms with E-state index in [2.05, 4.69) is 26.2 Å². The summed E-state index contributed by atoms with van der Waals surface area (Å²) >= 11 is 0. The summed E-state index contributed by atoms with van der Waals surface area (Å²) in [5.41, 5.74) is 2.38. The second-order valence-electron chi connectivity index (χ2n) is 13.4. The van der Waals surface area contributed by atoms with Crippen LogP contribution >= 0.6 is 0 Å². The van der Waals surface area contributed by atoms with Gasteiger partial charge in [0.05, 0.1) is 35.8 Å². The third kappa shape index (κ3) is 8.85. The van der Waals surface area contributed by atoms with Crippen molar-refractivity contribution in [3.63, 3.8) is 0 Å². The molecule has 0 saturated carbocycles. The summed E-state index contributed by atoms with van der Waals surface area (Å²) in [6.07, 6.45) is 10.7. The number of esters is 1. The Morgan fingerprint density at radius 1 is 1.04 bits per heavy atom. The Morgan fingerprint density at radius 3 is 2.51 bits per heavy atom. The summed E-state index contributed by atoms with van der Waals surface area (Å²) in [5.74, 6) is 1.68. The topological polar surface area (TPSA) is 103 Å². The lowest BCUT2D eigenvalue weighted by Gasteiger charge is -2.32. The van der Waals surface area contributed by atoms with Crippen LogP contribution in [0.15, 0.2) is 61.1 Å². The minimum absolute atomic E-state index is 0.171. The predicted molar refractivity (Wildman–Crippen MR) is 176 cm³/mol. The van der Waals surface area contributed by atoms with Gasteiger partial charge >= 0.3 is 5.97 Å². The summed E-state index contributed by atoms with van der Waals surface area (Å²) in [6.45, 7) is 13.8. The maximum absolute atomic E-state index is 12.8. The lowest BCUT2D eigenvalue weighted by atomic mass is 9.93. The van der Waals surface area contributed by atoms with Gasteiger partial charge in [0, 0.05) is 49.9 Å². The number of rotatable bonds is 12. The van der Waals surface area contributed by atoms with E-state index >= 15 is 0 Å². The van der Waals surface area contributed by atoms with Gasteiger partial charge < -0.3 is 29.4 Å². The molecule has 242 valence electrons. The highest BCUT2D eigenvalue weighted by atomic mass is 16.6. The zero-order valence-corrected chi connectivity index (χ0v) is 27.5. The molecule has 2 saturated heterocycles. The molecule has 0 amide bonds. The van der Waals surface area contributed by atoms with Gasteiger partial charge in [-0.15, -0.1) is 0 Å². The van der Waals surface area contributed by atoms with Crippen LogP contribution in [0.3, 0.4) is 0 Å². The van der Waals surface area contributed by atoms with E-state index in [1.165, 1.54) is 0 Å². The van der Waals surface area contributed by atoms with E-state index in [0.717, 1.165) is 74.6 Å². The van der Waals surface area contributed by atoms with Crippen LogP contribution in [0.1, 0.15) is 81.7 Å². The number of carbonyl (C=O) groups excluding carboxylic acids is 1. The Bertz CT molecular complexity index is 1510. The number of carbonyl (C=O) groups is 1. The zero-order valence-electron chi connectivity index (χ0n) is 27.5. The summed E-state index contributed by atoms with van der Waals surface area (Å²) in [5, 5.41) is 6.04. The van der Waals surface area contributed by atoms with Crippen molar-refractivity contribution in [1.82, 2.24) is 30.1 Å². The molecule has 4 heterocycles. The van der Waals surface area contributed by atoms with Crippen molar-refractivity contribution in [2.45, 2.75) is 90.2 Å². The quantitative estimate of drug-likeness (QED) is 0.255. The fourth-order valence-electron chi connectivity index (χ4n) is 5.63. The molecule has 0 radical (unpaired) electrons. The van der Waals surface area contributed by atoms with Gasteiger partial charge in [0.1, 0.15) is 17.0 Å². The molecule has 0 aliphatic carbocycles. The molecule has 0 bridgehead atoms. The molecular weight excluding hydrogens is 568 g/mol. The first kappa shape index (κ1) is 32.5. The molecule has 2 aromatic heterocycles. The highest BCUT2D eigenvalue weighted by molar-refractivity contribution is 5.94. The summed E-state index contributed by atoms with van der Waals surface area (Å²) < 4.78 is 19.9. The highest BCUT2D eigenvalue weighted by Gasteiger charge is 2.27. The standard InChI is InChI=1S/C35H48N6O4/c1-34(2,3)45-33(42)26-10-11-29-30(22-26)41(23-27-14-21-43-27)31(38-29)24-40-19-12-25(13-20-40)28-8-7-9-32(39-28)44-35(4,5)15-16-37-18-17-36-6/h7-11,15-18,22,25,27,36-37H,12-14,19-21,23-24H2,1-6H3/b16-15-,18-17-/t27-/m0/s1. The maximum atomic E-state index is 12.8. The molecule has 2 aliphatic heterocycles. The predicted octanol–water partition coefficient (Wildman–Crippen LogP) is 5.51. The third-order valence-corrected chi connectivity index (χ3v) is 8.05. The number of ether oxygens (including phenoxy) is 3. The molecular formula is C35H48N6O4. The molecule has 5 rings (SSSR count). The number of hydrogen-bond donors (Lipinski definition) is 2. The molecule has 10 heteroatoms. The number of aromatic nitrogens is 3. The Hall–Kier alpha value is -3.89. The van der Waals surface area contributed by atoms with E-state index in [1.54, 1.807) is 0 Å². The Kier molecular flexibility index (Phi) is 10.1. The average molecular weight is 617 g/mol. The van der Waals surface area contributed by atoms with Crippen molar-refractivity contribution in [1.29, 1.82) is 0 Å². The number of imidazole rings is 1. The molecule has 2 aliphatic rings. The molecule has 10 nitrogen and oxygen atoms in total. The fraction of sp³-hybridized carbons (Fsp3) is 0.514. The number of piperidine rings is 1. The number of likely N-dealkylation sites (tertiary alicyclic amines) is 1. The van der Waals surface area contributed by atoms with Crippen LogP contribution in [0.5, 0.6) is 5.88 Å². The van der Waals surface area contributed by atoms with Crippen molar-refractivity contribution in [2.75, 3.05) is 26.7 Å². The van der Waals surface area contributed by atoms with Gasteiger partial charge in [0.25, 0.3) is 0 Å². The lowest BCUT2D eigenvalue weighted by molar-refractivity contribution is -0.0592. The highest BCUT2D eigenvalue weighted by Crippen LogP contribution is 2.30. The third-order valence-electron chi connectivity index (χ3n) is 8.05. The number of fused-ring (bicyclic) bond motifs is 1. The molecule has 1 aromatic carbocycles. The number of nitrogens with one attached hydrogen (secondary N) is 2. The molecule has 0 unspecified atom stereocenters. The number of hydrogen-bond acceptors (Lipinski definition) is 9. The van der Waals surface area contributed by atoms with Crippen molar-refractivity contribution >= 4 is 17.0 Å². The lowest BCUT2D eigenvalue weighted by Crippen LogP contribution is -2.35. The van der Waals surface area contributed by atoms with Crippen LogP contribution in [-0.2, 0) is 22.6 Å². The van der Waals surface area contributed by atoms with Gasteiger partial charge in [0.15, 0.2) is 0 Å². The van der Waals surface area contributed by atoms with E-state index < -0.39 is 11.2 Å². The Labute approximate surface area is 266 Å². The van der Waals surface area contributed by atoms with Crippen LogP contribution < -0.4 is 15.4 Å². The fourth-order valence-corrected chi connectivity index (χ4v) is 5.63. The number of benzene rings is 1. The summed E-state index contributed by atoms with van der Waals surface area (Å²) in [6, 6.07) is 11.7. The summed E-state index contributed by atoms with van der Waals surface area (Å²) in [4.78, 5) is 25.2. The number of nitrogens with zero attached hydrogens (tertiary/aromatic N) is 4. The smallest absolute Gasteiger partial charge is 0.338 e. The molecule has 45 heavy (non-hydrogen) atoms. The van der Waals surface area contributed by atoms with Crippen LogP contribution in [0.2, 0.25) is 0 Å². The van der Waals surface area contributed by atoms with Crippen LogP contribution in [0.4, 0.5) is 0 Å². The Morgan fingerprint density at radius 2 is 1.82 bits per heavy atom. The SMILES string of the molecule is CN/C=C\N/C=C\C(C)(C)Oc1cccc(C2CCN(Cc3nc4ccc(C(=O)OC(C)(C)C)cc4n3C[C@@H]3CCO3)CC2)n1. The maximum Gasteiger partial charge on any atom is 0.338 e. The molecule has 0 spiro atoms. The van der Waals surface area contributed by atoms with Crippen molar-refractivity contribution in [3.8, 4) is 5.88 Å². The largest absolute Gasteiger partial charge is 0.467 e. The van der Waals surface area contributed by atoms with Gasteiger partial charge in [-0.05, 0) is 97.3 Å². The van der Waals surface area contributed by atoms with Crippen molar-refractivity contribution < 1.29 is 19.0 Å². The van der Waals surface area contributed by atoms with Gasteiger partial charge in [-0.25, -0.2) is 14.8 Å². The summed E-state index contributed by atoms with van der Waals surface area (Å²) in [7, 11) is 1.85. The van der Waals surface area contributed by atoms with Gasteiger partial charge in [0.2, 0.25) is 5.88 Å². The monoisotopic (exact) mass is 616 g/mol. The average Bonchev–Trinajstić information content (AvgIpc) is 3.30. The van der Waals surface area contributed by atoms with E-state index in [0.29, 0.717) is 17.4 Å². The van der Waals surface area contributed by atoms with Crippen molar-refractivity contribution in [2.24, 2.45) is 0 Å². The van der Waals surface area contributed by atoms with Gasteiger partial charge in [-0.1, -0.05) is 6.07 Å². The zero-order chi connectivity index (χ0) is 32.0. The normalized spacial score (nSPS) is 18.4. The Balaban J connectivity index is 1.24. The molecule has 1 atom stereocenters. The first-order chi connectivity index (χ1) is 21.5. The van der Waals surface area contributed by atoms with Crippen LogP contribution in [0, 0.1) is 0 Å². The first-order valence-electron chi connectivity index (χ1n) is 16.0. The molecule has 3 aromatic rings. The van der Waals surface area contributed by atoms with Crippen LogP contribution in [0.25, 0.3) is 11.0 Å². The second-order valence-corrected chi connectivity index (χ2v) is 13.4. The second kappa shape index (κ2) is 14.0. The molecule has 2 fully saturated rings. The minimum Gasteiger partial charge on any atom is -0.467 e. The van der Waals surface area contributed by atoms with Gasteiger partial charge in [-0.3, -0.25) is 4.90 Å². The van der Waals surface area contributed by atoms with Crippen LogP contribution in [-0.4, -0.2) is 69.5 Å². The van der Waals surface area contributed by atoms with E-state index in [1.807, 2.05) is 96.7 Å². The van der Waals surface area contributed by atoms with E-state index in [9.17, 15) is 4.79 Å². The van der Waals surface area contributed by atoms with E-state index in [4.69, 9.17) is 24.2 Å².